The van der Waals surface area contributed by atoms with Crippen molar-refractivity contribution in [1.29, 1.82) is 5.26 Å². The number of aldehydes is 1. The summed E-state index contributed by atoms with van der Waals surface area (Å²) in [5.74, 6) is 0. The predicted octanol–water partition coefficient (Wildman–Crippen LogP) is 4.66. The maximum atomic E-state index is 11.1. The lowest BCUT2D eigenvalue weighted by Gasteiger charge is -2.06. The van der Waals surface area contributed by atoms with Crippen molar-refractivity contribution >= 4 is 17.6 Å². The lowest BCUT2D eigenvalue weighted by Crippen LogP contribution is -2.00. The van der Waals surface area contributed by atoms with Crippen molar-refractivity contribution < 1.29 is 4.79 Å². The Morgan fingerprint density at radius 2 is 1.89 bits per heavy atom. The van der Waals surface area contributed by atoms with E-state index in [9.17, 15) is 10.1 Å². The largest absolute Gasteiger partial charge is 0.296 e. The first-order valence-electron chi connectivity index (χ1n) is 8.28. The first-order valence-corrected chi connectivity index (χ1v) is 9.16. The van der Waals surface area contributed by atoms with Crippen LogP contribution in [0.4, 0.5) is 0 Å². The zero-order valence-electron chi connectivity index (χ0n) is 14.5. The van der Waals surface area contributed by atoms with Crippen LogP contribution in [0.2, 0.25) is 0 Å². The molecule has 2 aromatic carbocycles. The molecule has 0 aliphatic carbocycles. The summed E-state index contributed by atoms with van der Waals surface area (Å²) in [6.07, 6.45) is 0.727. The topological polar surface area (TPSA) is 71.6 Å². The standard InChI is InChI=1S/C21H14N4OS/c1-14-19(16-7-3-2-4-8-16)24-25(21-23-18(12-26)13-27-21)20(14)17-9-5-6-15(10-17)11-22/h2-10,12-13H,1H3. The van der Waals surface area contributed by atoms with Gasteiger partial charge >= 0.3 is 0 Å². The Labute approximate surface area is 160 Å². The highest BCUT2D eigenvalue weighted by molar-refractivity contribution is 7.12. The molecule has 0 saturated heterocycles. The van der Waals surface area contributed by atoms with E-state index >= 15 is 0 Å². The molecule has 4 aromatic rings. The number of carbonyl (C=O) groups is 1. The van der Waals surface area contributed by atoms with Gasteiger partial charge in [-0.3, -0.25) is 4.79 Å². The van der Waals surface area contributed by atoms with Crippen LogP contribution in [0.5, 0.6) is 0 Å². The smallest absolute Gasteiger partial charge is 0.211 e. The number of benzene rings is 2. The lowest BCUT2D eigenvalue weighted by molar-refractivity contribution is 0.111. The van der Waals surface area contributed by atoms with Crippen LogP contribution >= 0.6 is 11.3 Å². The van der Waals surface area contributed by atoms with Gasteiger partial charge in [0.15, 0.2) is 6.29 Å². The lowest BCUT2D eigenvalue weighted by atomic mass is 10.0. The summed E-state index contributed by atoms with van der Waals surface area (Å²) in [4.78, 5) is 15.4. The molecule has 27 heavy (non-hydrogen) atoms. The molecule has 130 valence electrons. The molecule has 0 amide bonds. The van der Waals surface area contributed by atoms with Gasteiger partial charge in [0, 0.05) is 22.1 Å². The van der Waals surface area contributed by atoms with Gasteiger partial charge in [0.1, 0.15) is 5.69 Å². The molecule has 4 rings (SSSR count). The summed E-state index contributed by atoms with van der Waals surface area (Å²) < 4.78 is 1.76. The summed E-state index contributed by atoms with van der Waals surface area (Å²) in [5.41, 5.74) is 5.52. The zero-order chi connectivity index (χ0) is 18.8. The molecule has 2 heterocycles. The molecule has 5 nitrogen and oxygen atoms in total. The summed E-state index contributed by atoms with van der Waals surface area (Å²) in [6.45, 7) is 2.01. The second kappa shape index (κ2) is 6.98. The van der Waals surface area contributed by atoms with Crippen molar-refractivity contribution in [2.24, 2.45) is 0 Å². The molecular formula is C21H14N4OS. The highest BCUT2D eigenvalue weighted by Gasteiger charge is 2.20. The Hall–Kier alpha value is -3.56. The van der Waals surface area contributed by atoms with E-state index in [1.165, 1.54) is 11.3 Å². The van der Waals surface area contributed by atoms with Crippen LogP contribution in [-0.2, 0) is 0 Å². The predicted molar refractivity (Wildman–Crippen MR) is 105 cm³/mol. The van der Waals surface area contributed by atoms with Crippen molar-refractivity contribution in [1.82, 2.24) is 14.8 Å². The minimum Gasteiger partial charge on any atom is -0.296 e. The van der Waals surface area contributed by atoms with Crippen LogP contribution in [-0.4, -0.2) is 21.1 Å². The minimum absolute atomic E-state index is 0.376. The molecular weight excluding hydrogens is 356 g/mol. The normalized spacial score (nSPS) is 10.5. The van der Waals surface area contributed by atoms with E-state index < -0.39 is 0 Å². The van der Waals surface area contributed by atoms with Gasteiger partial charge in [0.2, 0.25) is 5.13 Å². The molecule has 0 bridgehead atoms. The van der Waals surface area contributed by atoms with Crippen LogP contribution < -0.4 is 0 Å². The van der Waals surface area contributed by atoms with E-state index in [0.717, 1.165) is 34.4 Å². The molecule has 0 aliphatic heterocycles. The average Bonchev–Trinajstić information content (AvgIpc) is 3.33. The molecule has 0 atom stereocenters. The van der Waals surface area contributed by atoms with Gasteiger partial charge < -0.3 is 0 Å². The van der Waals surface area contributed by atoms with Crippen LogP contribution in [0.1, 0.15) is 21.6 Å². The number of nitrogens with zero attached hydrogens (tertiary/aromatic N) is 4. The number of aromatic nitrogens is 3. The highest BCUT2D eigenvalue weighted by atomic mass is 32.1. The fraction of sp³-hybridized carbons (Fsp3) is 0.0476. The van der Waals surface area contributed by atoms with Gasteiger partial charge in [-0.25, -0.2) is 9.67 Å². The maximum absolute atomic E-state index is 11.1. The SMILES string of the molecule is Cc1c(-c2ccccc2)nn(-c2nc(C=O)cs2)c1-c1cccc(C#N)c1. The summed E-state index contributed by atoms with van der Waals surface area (Å²) >= 11 is 1.36. The van der Waals surface area contributed by atoms with Gasteiger partial charge in [-0.1, -0.05) is 42.5 Å². The summed E-state index contributed by atoms with van der Waals surface area (Å²) in [7, 11) is 0. The first-order chi connectivity index (χ1) is 13.2. The second-order valence-corrected chi connectivity index (χ2v) is 6.80. The van der Waals surface area contributed by atoms with E-state index in [0.29, 0.717) is 16.4 Å². The Kier molecular flexibility index (Phi) is 4.37. The third kappa shape index (κ3) is 3.05. The van der Waals surface area contributed by atoms with Crippen LogP contribution in [0.15, 0.2) is 60.0 Å². The second-order valence-electron chi connectivity index (χ2n) is 5.97. The molecule has 0 unspecified atom stereocenters. The van der Waals surface area contributed by atoms with Crippen molar-refractivity contribution in [2.45, 2.75) is 6.92 Å². The number of rotatable bonds is 4. The molecule has 0 radical (unpaired) electrons. The van der Waals surface area contributed by atoms with E-state index in [4.69, 9.17) is 5.10 Å². The fourth-order valence-electron chi connectivity index (χ4n) is 3.01. The molecule has 0 spiro atoms. The van der Waals surface area contributed by atoms with Crippen molar-refractivity contribution in [3.63, 3.8) is 0 Å². The van der Waals surface area contributed by atoms with Crippen molar-refractivity contribution in [2.75, 3.05) is 0 Å². The number of carbonyl (C=O) groups excluding carboxylic acids is 1. The highest BCUT2D eigenvalue weighted by Crippen LogP contribution is 2.34. The molecule has 0 N–H and O–H groups in total. The van der Waals surface area contributed by atoms with Crippen LogP contribution in [0, 0.1) is 18.3 Å². The van der Waals surface area contributed by atoms with E-state index in [1.807, 2.05) is 55.5 Å². The van der Waals surface area contributed by atoms with Gasteiger partial charge in [-0.15, -0.1) is 11.3 Å². The van der Waals surface area contributed by atoms with Crippen molar-refractivity contribution in [3.05, 3.63) is 76.8 Å². The first kappa shape index (κ1) is 16.9. The Bertz CT molecular complexity index is 1170. The Balaban J connectivity index is 1.98. The van der Waals surface area contributed by atoms with Gasteiger partial charge in [0.25, 0.3) is 0 Å². The summed E-state index contributed by atoms with van der Waals surface area (Å²) in [6, 6.07) is 19.5. The molecule has 6 heteroatoms. The van der Waals surface area contributed by atoms with Crippen molar-refractivity contribution in [3.8, 4) is 33.7 Å². The average molecular weight is 370 g/mol. The third-order valence-electron chi connectivity index (χ3n) is 4.25. The minimum atomic E-state index is 0.376. The maximum Gasteiger partial charge on any atom is 0.211 e. The third-order valence-corrected chi connectivity index (χ3v) is 5.08. The number of hydrogen-bond donors (Lipinski definition) is 0. The monoisotopic (exact) mass is 370 g/mol. The van der Waals surface area contributed by atoms with Gasteiger partial charge in [-0.05, 0) is 19.1 Å². The quantitative estimate of drug-likeness (QED) is 0.490. The van der Waals surface area contributed by atoms with E-state index in [2.05, 4.69) is 11.1 Å². The van der Waals surface area contributed by atoms with Gasteiger partial charge in [-0.2, -0.15) is 10.4 Å². The number of thiazole rings is 1. The number of hydrogen-bond acceptors (Lipinski definition) is 5. The van der Waals surface area contributed by atoms with E-state index in [1.54, 1.807) is 16.1 Å². The molecule has 0 fully saturated rings. The Morgan fingerprint density at radius 3 is 2.59 bits per heavy atom. The Morgan fingerprint density at radius 1 is 1.11 bits per heavy atom. The van der Waals surface area contributed by atoms with E-state index in [-0.39, 0.29) is 0 Å². The zero-order valence-corrected chi connectivity index (χ0v) is 15.3. The van der Waals surface area contributed by atoms with Crippen LogP contribution in [0.25, 0.3) is 27.6 Å². The molecule has 2 aromatic heterocycles. The fourth-order valence-corrected chi connectivity index (χ4v) is 3.73. The molecule has 0 aliphatic rings. The summed E-state index contributed by atoms with van der Waals surface area (Å²) in [5, 5.41) is 16.4. The molecule has 0 saturated carbocycles. The number of nitriles is 1. The van der Waals surface area contributed by atoms with Crippen LogP contribution in [0.3, 0.4) is 0 Å². The van der Waals surface area contributed by atoms with Gasteiger partial charge in [0.05, 0.1) is 23.0 Å².